The highest BCUT2D eigenvalue weighted by Gasteiger charge is 2.31. The summed E-state index contributed by atoms with van der Waals surface area (Å²) in [6.07, 6.45) is 5.31. The molecule has 0 saturated carbocycles. The quantitative estimate of drug-likeness (QED) is 0.642. The molecule has 0 atom stereocenters. The van der Waals surface area contributed by atoms with Crippen LogP contribution in [0.4, 0.5) is 5.69 Å². The van der Waals surface area contributed by atoms with E-state index in [1.54, 1.807) is 18.5 Å². The lowest BCUT2D eigenvalue weighted by Gasteiger charge is -2.38. The Kier molecular flexibility index (Phi) is 4.28. The Labute approximate surface area is 120 Å². The molecule has 0 radical (unpaired) electrons. The van der Waals surface area contributed by atoms with Crippen molar-refractivity contribution in [1.82, 2.24) is 9.88 Å². The average molecular weight is 276 g/mol. The number of aromatic nitrogens is 1. The second kappa shape index (κ2) is 5.79. The summed E-state index contributed by atoms with van der Waals surface area (Å²) in [6.45, 7) is 8.42. The Morgan fingerprint density at radius 3 is 2.60 bits per heavy atom. The number of hydrogen-bond acceptors (Lipinski definition) is 4. The van der Waals surface area contributed by atoms with Crippen LogP contribution in [-0.2, 0) is 0 Å². The molecular weight excluding hydrogens is 252 g/mol. The van der Waals surface area contributed by atoms with Gasteiger partial charge in [-0.15, -0.1) is 0 Å². The topological polar surface area (TPSA) is 71.2 Å². The molecule has 0 spiro atoms. The van der Waals surface area contributed by atoms with Gasteiger partial charge < -0.3 is 10.3 Å². The van der Waals surface area contributed by atoms with Crippen LogP contribution in [0, 0.1) is 11.3 Å². The molecule has 5 heteroatoms. The molecule has 0 bridgehead atoms. The van der Waals surface area contributed by atoms with Crippen molar-refractivity contribution in [3.63, 3.8) is 0 Å². The normalized spacial score (nSPS) is 17.1. The molecule has 0 unspecified atom stereocenters. The molecule has 3 N–H and O–H groups in total. The fourth-order valence-corrected chi connectivity index (χ4v) is 2.81. The highest BCUT2D eigenvalue weighted by molar-refractivity contribution is 5.99. The van der Waals surface area contributed by atoms with Crippen LogP contribution in [-0.4, -0.2) is 28.9 Å². The third-order valence-corrected chi connectivity index (χ3v) is 4.21. The zero-order chi connectivity index (χ0) is 14.8. The average Bonchev–Trinajstić information content (AvgIpc) is 2.45. The van der Waals surface area contributed by atoms with Gasteiger partial charge in [-0.3, -0.25) is 15.6 Å². The number of amides is 1. The zero-order valence-corrected chi connectivity index (χ0v) is 12.5. The van der Waals surface area contributed by atoms with Gasteiger partial charge in [-0.1, -0.05) is 20.8 Å². The number of nitrogens with one attached hydrogen (secondary N) is 1. The van der Waals surface area contributed by atoms with Gasteiger partial charge in [0.05, 0.1) is 11.3 Å². The molecule has 2 heterocycles. The second-order valence-corrected chi connectivity index (χ2v) is 6.50. The van der Waals surface area contributed by atoms with Crippen molar-refractivity contribution in [2.45, 2.75) is 33.6 Å². The molecule has 1 aromatic rings. The number of hydrogen-bond donors (Lipinski definition) is 2. The first-order valence-corrected chi connectivity index (χ1v) is 7.13. The maximum Gasteiger partial charge on any atom is 0.257 e. The summed E-state index contributed by atoms with van der Waals surface area (Å²) in [4.78, 5) is 18.4. The number of carbonyl (C=O) groups excluding carboxylic acids is 1. The van der Waals surface area contributed by atoms with E-state index in [-0.39, 0.29) is 5.91 Å². The number of nitrogens with zero attached hydrogens (tertiary/aromatic N) is 2. The number of rotatable bonds is 2. The molecule has 1 amide bonds. The number of likely N-dealkylation sites (tertiary alicyclic amines) is 1. The van der Waals surface area contributed by atoms with Crippen LogP contribution >= 0.6 is 0 Å². The molecule has 20 heavy (non-hydrogen) atoms. The number of hydrazine groups is 1. The van der Waals surface area contributed by atoms with E-state index in [0.29, 0.717) is 22.6 Å². The van der Waals surface area contributed by atoms with Gasteiger partial charge in [-0.2, -0.15) is 0 Å². The summed E-state index contributed by atoms with van der Waals surface area (Å²) in [5.74, 6) is 6.13. The van der Waals surface area contributed by atoms with E-state index >= 15 is 0 Å². The predicted molar refractivity (Wildman–Crippen MR) is 80.1 cm³/mol. The summed E-state index contributed by atoms with van der Waals surface area (Å²) < 4.78 is 0. The fraction of sp³-hybridized carbons (Fsp3) is 0.600. The second-order valence-electron chi connectivity index (χ2n) is 6.50. The maximum absolute atomic E-state index is 12.5. The van der Waals surface area contributed by atoms with Crippen LogP contribution in [0.5, 0.6) is 0 Å². The van der Waals surface area contributed by atoms with Gasteiger partial charge in [0, 0.05) is 25.5 Å². The van der Waals surface area contributed by atoms with Crippen molar-refractivity contribution in [2.75, 3.05) is 18.5 Å². The van der Waals surface area contributed by atoms with Crippen LogP contribution in [0.1, 0.15) is 44.0 Å². The lowest BCUT2D eigenvalue weighted by atomic mass is 9.75. The van der Waals surface area contributed by atoms with E-state index in [2.05, 4.69) is 31.2 Å². The van der Waals surface area contributed by atoms with E-state index in [4.69, 9.17) is 5.84 Å². The van der Waals surface area contributed by atoms with Gasteiger partial charge in [-0.05, 0) is 30.2 Å². The maximum atomic E-state index is 12.5. The molecule has 110 valence electrons. The Balaban J connectivity index is 2.05. The summed E-state index contributed by atoms with van der Waals surface area (Å²) in [7, 11) is 0. The Morgan fingerprint density at radius 1 is 1.40 bits per heavy atom. The molecule has 2 rings (SSSR count). The Bertz CT molecular complexity index is 473. The number of pyridine rings is 1. The largest absolute Gasteiger partial charge is 0.339 e. The van der Waals surface area contributed by atoms with Gasteiger partial charge in [0.25, 0.3) is 5.91 Å². The SMILES string of the molecule is CC(C)(C)C1CCN(C(=O)c2cnccc2NN)CC1. The standard InChI is InChI=1S/C15H24N4O/c1-15(2,3)11-5-8-19(9-6-11)14(20)12-10-17-7-4-13(12)18-16/h4,7,10-11H,5-6,8-9,16H2,1-3H3,(H,17,18). The number of piperidine rings is 1. The van der Waals surface area contributed by atoms with E-state index in [9.17, 15) is 4.79 Å². The van der Waals surface area contributed by atoms with E-state index < -0.39 is 0 Å². The smallest absolute Gasteiger partial charge is 0.257 e. The van der Waals surface area contributed by atoms with E-state index in [0.717, 1.165) is 25.9 Å². The number of nitrogen functional groups attached to an aromatic ring is 1. The van der Waals surface area contributed by atoms with E-state index in [1.807, 2.05) is 4.90 Å². The predicted octanol–water partition coefficient (Wildman–Crippen LogP) is 2.27. The van der Waals surface area contributed by atoms with Gasteiger partial charge in [0.2, 0.25) is 0 Å². The lowest BCUT2D eigenvalue weighted by Crippen LogP contribution is -2.41. The number of carbonyl (C=O) groups is 1. The molecule has 1 saturated heterocycles. The highest BCUT2D eigenvalue weighted by atomic mass is 16.2. The van der Waals surface area contributed by atoms with Crippen molar-refractivity contribution in [2.24, 2.45) is 17.2 Å². The monoisotopic (exact) mass is 276 g/mol. The summed E-state index contributed by atoms with van der Waals surface area (Å²) in [5.41, 5.74) is 4.05. The zero-order valence-electron chi connectivity index (χ0n) is 12.5. The first-order chi connectivity index (χ1) is 9.43. The Hall–Kier alpha value is -1.62. The molecule has 1 aromatic heterocycles. The van der Waals surface area contributed by atoms with Crippen LogP contribution in [0.2, 0.25) is 0 Å². The van der Waals surface area contributed by atoms with Gasteiger partial charge in [0.15, 0.2) is 0 Å². The number of nitrogens with two attached hydrogens (primary N) is 1. The van der Waals surface area contributed by atoms with Crippen LogP contribution in [0.25, 0.3) is 0 Å². The first-order valence-electron chi connectivity index (χ1n) is 7.13. The molecular formula is C15H24N4O. The highest BCUT2D eigenvalue weighted by Crippen LogP contribution is 2.34. The molecule has 1 aliphatic heterocycles. The van der Waals surface area contributed by atoms with Crippen molar-refractivity contribution >= 4 is 11.6 Å². The van der Waals surface area contributed by atoms with Gasteiger partial charge in [-0.25, -0.2) is 0 Å². The minimum Gasteiger partial charge on any atom is -0.339 e. The van der Waals surface area contributed by atoms with Crippen molar-refractivity contribution < 1.29 is 4.79 Å². The van der Waals surface area contributed by atoms with Crippen LogP contribution < -0.4 is 11.3 Å². The molecule has 1 fully saturated rings. The summed E-state index contributed by atoms with van der Waals surface area (Å²) >= 11 is 0. The third kappa shape index (κ3) is 3.10. The minimum atomic E-state index is 0.0124. The van der Waals surface area contributed by atoms with Crippen molar-refractivity contribution in [3.8, 4) is 0 Å². The van der Waals surface area contributed by atoms with Gasteiger partial charge in [0.1, 0.15) is 0 Å². The van der Waals surface area contributed by atoms with E-state index in [1.165, 1.54) is 0 Å². The van der Waals surface area contributed by atoms with Gasteiger partial charge >= 0.3 is 0 Å². The molecule has 5 nitrogen and oxygen atoms in total. The molecule has 0 aromatic carbocycles. The van der Waals surface area contributed by atoms with Crippen molar-refractivity contribution in [3.05, 3.63) is 24.0 Å². The molecule has 0 aliphatic carbocycles. The third-order valence-electron chi connectivity index (χ3n) is 4.21. The number of anilines is 1. The summed E-state index contributed by atoms with van der Waals surface area (Å²) in [6, 6.07) is 1.72. The summed E-state index contributed by atoms with van der Waals surface area (Å²) in [5, 5.41) is 0. The Morgan fingerprint density at radius 2 is 2.05 bits per heavy atom. The van der Waals surface area contributed by atoms with Crippen LogP contribution in [0.3, 0.4) is 0 Å². The van der Waals surface area contributed by atoms with Crippen LogP contribution in [0.15, 0.2) is 18.5 Å². The lowest BCUT2D eigenvalue weighted by molar-refractivity contribution is 0.0609. The molecule has 1 aliphatic rings. The minimum absolute atomic E-state index is 0.0124. The fourth-order valence-electron chi connectivity index (χ4n) is 2.81. The van der Waals surface area contributed by atoms with Crippen molar-refractivity contribution in [1.29, 1.82) is 0 Å². The first kappa shape index (κ1) is 14.8.